The molecule has 1 atom stereocenters. The van der Waals surface area contributed by atoms with Crippen molar-refractivity contribution in [2.24, 2.45) is 0 Å². The molecular formula is C26H22N2O5. The number of nitrogens with zero attached hydrogens (tertiary/aromatic N) is 1. The largest absolute Gasteiger partial charge is 0.457 e. The van der Waals surface area contributed by atoms with Crippen LogP contribution in [-0.4, -0.2) is 41.9 Å². The Morgan fingerprint density at radius 2 is 1.73 bits per heavy atom. The molecule has 0 radical (unpaired) electrons. The average molecular weight is 442 g/mol. The molecule has 7 heteroatoms. The van der Waals surface area contributed by atoms with Crippen molar-refractivity contribution in [2.45, 2.75) is 18.9 Å². The van der Waals surface area contributed by atoms with Crippen LogP contribution in [0.3, 0.4) is 0 Å². The van der Waals surface area contributed by atoms with Crippen LogP contribution >= 0.6 is 0 Å². The van der Waals surface area contributed by atoms with Gasteiger partial charge >= 0.3 is 0 Å². The lowest BCUT2D eigenvalue weighted by atomic mass is 10.1. The minimum atomic E-state index is -0.390. The van der Waals surface area contributed by atoms with Gasteiger partial charge < -0.3 is 14.8 Å². The van der Waals surface area contributed by atoms with E-state index in [4.69, 9.17) is 9.47 Å². The van der Waals surface area contributed by atoms with E-state index in [1.54, 1.807) is 30.3 Å². The number of rotatable bonds is 6. The SMILES string of the molecule is O=C(Nc1cccc(Oc2ccccc2)c1)c1ccc2c(c1)C(=O)N(CC1CCCO1)C2=O. The van der Waals surface area contributed by atoms with Crippen molar-refractivity contribution in [1.29, 1.82) is 0 Å². The highest BCUT2D eigenvalue weighted by atomic mass is 16.5. The standard InChI is InChI=1S/C26H22N2O5/c29-24(27-18-6-4-9-20(15-18)33-19-7-2-1-3-8-19)17-11-12-22-23(14-17)26(31)28(25(22)30)16-21-10-5-13-32-21/h1-4,6-9,11-12,14-15,21H,5,10,13,16H2,(H,27,29). The number of carbonyl (C=O) groups is 3. The van der Waals surface area contributed by atoms with Gasteiger partial charge in [0.2, 0.25) is 0 Å². The highest BCUT2D eigenvalue weighted by molar-refractivity contribution is 6.22. The van der Waals surface area contributed by atoms with E-state index in [1.165, 1.54) is 17.0 Å². The van der Waals surface area contributed by atoms with Crippen molar-refractivity contribution in [3.8, 4) is 11.5 Å². The second-order valence-electron chi connectivity index (χ2n) is 8.01. The van der Waals surface area contributed by atoms with Gasteiger partial charge in [0.25, 0.3) is 17.7 Å². The first-order valence-corrected chi connectivity index (χ1v) is 10.8. The van der Waals surface area contributed by atoms with Crippen LogP contribution in [0.2, 0.25) is 0 Å². The van der Waals surface area contributed by atoms with E-state index < -0.39 is 5.91 Å². The highest BCUT2D eigenvalue weighted by Crippen LogP contribution is 2.27. The zero-order valence-corrected chi connectivity index (χ0v) is 17.8. The zero-order valence-electron chi connectivity index (χ0n) is 17.8. The lowest BCUT2D eigenvalue weighted by Gasteiger charge is -2.17. The highest BCUT2D eigenvalue weighted by Gasteiger charge is 2.37. The summed E-state index contributed by atoms with van der Waals surface area (Å²) in [6.45, 7) is 0.887. The summed E-state index contributed by atoms with van der Waals surface area (Å²) < 4.78 is 11.4. The minimum Gasteiger partial charge on any atom is -0.457 e. The van der Waals surface area contributed by atoms with Gasteiger partial charge in [-0.2, -0.15) is 0 Å². The predicted molar refractivity (Wildman–Crippen MR) is 122 cm³/mol. The van der Waals surface area contributed by atoms with E-state index in [0.29, 0.717) is 34.9 Å². The molecule has 2 aliphatic heterocycles. The Labute approximate surface area is 190 Å². The van der Waals surface area contributed by atoms with Gasteiger partial charge in [0, 0.05) is 23.9 Å². The summed E-state index contributed by atoms with van der Waals surface area (Å²) in [5.41, 5.74) is 1.40. The Hall–Kier alpha value is -3.97. The number of nitrogens with one attached hydrogen (secondary N) is 1. The molecule has 33 heavy (non-hydrogen) atoms. The van der Waals surface area contributed by atoms with Crippen LogP contribution in [0, 0.1) is 0 Å². The van der Waals surface area contributed by atoms with Gasteiger partial charge in [-0.1, -0.05) is 24.3 Å². The fourth-order valence-corrected chi connectivity index (χ4v) is 4.05. The number of hydrogen-bond donors (Lipinski definition) is 1. The normalized spacial score (nSPS) is 17.2. The van der Waals surface area contributed by atoms with Crippen molar-refractivity contribution in [1.82, 2.24) is 4.90 Å². The molecule has 1 saturated heterocycles. The molecule has 2 aliphatic rings. The summed E-state index contributed by atoms with van der Waals surface area (Å²) in [4.78, 5) is 39.6. The zero-order chi connectivity index (χ0) is 22.8. The van der Waals surface area contributed by atoms with Gasteiger partial charge in [-0.15, -0.1) is 0 Å². The Balaban J connectivity index is 1.30. The molecule has 7 nitrogen and oxygen atoms in total. The van der Waals surface area contributed by atoms with Gasteiger partial charge in [0.1, 0.15) is 11.5 Å². The topological polar surface area (TPSA) is 84.9 Å². The Morgan fingerprint density at radius 1 is 0.939 bits per heavy atom. The van der Waals surface area contributed by atoms with Crippen molar-refractivity contribution >= 4 is 23.4 Å². The molecule has 2 heterocycles. The summed E-state index contributed by atoms with van der Waals surface area (Å²) in [5.74, 6) is 0.156. The van der Waals surface area contributed by atoms with Gasteiger partial charge in [-0.05, 0) is 55.3 Å². The van der Waals surface area contributed by atoms with Crippen molar-refractivity contribution in [3.05, 3.63) is 89.5 Å². The molecule has 3 aromatic carbocycles. The van der Waals surface area contributed by atoms with Crippen molar-refractivity contribution in [3.63, 3.8) is 0 Å². The number of para-hydroxylation sites is 1. The van der Waals surface area contributed by atoms with Gasteiger partial charge in [-0.3, -0.25) is 19.3 Å². The second-order valence-corrected chi connectivity index (χ2v) is 8.01. The maximum absolute atomic E-state index is 12.9. The van der Waals surface area contributed by atoms with Crippen LogP contribution in [-0.2, 0) is 4.74 Å². The Kier molecular flexibility index (Phi) is 5.62. The van der Waals surface area contributed by atoms with E-state index in [9.17, 15) is 14.4 Å². The third-order valence-electron chi connectivity index (χ3n) is 5.71. The summed E-state index contributed by atoms with van der Waals surface area (Å²) in [6.07, 6.45) is 1.63. The van der Waals surface area contributed by atoms with Crippen LogP contribution < -0.4 is 10.1 Å². The molecular weight excluding hydrogens is 420 g/mol. The molecule has 3 amide bonds. The average Bonchev–Trinajstić information content (AvgIpc) is 3.43. The number of imide groups is 1. The maximum atomic E-state index is 12.9. The molecule has 1 fully saturated rings. The molecule has 0 aromatic heterocycles. The quantitative estimate of drug-likeness (QED) is 0.568. The lowest BCUT2D eigenvalue weighted by molar-refractivity contribution is 0.0475. The summed E-state index contributed by atoms with van der Waals surface area (Å²) in [7, 11) is 0. The van der Waals surface area contributed by atoms with Crippen LogP contribution in [0.15, 0.2) is 72.8 Å². The van der Waals surface area contributed by atoms with Crippen molar-refractivity contribution < 1.29 is 23.9 Å². The number of amides is 3. The molecule has 166 valence electrons. The Bertz CT molecular complexity index is 1220. The molecule has 0 aliphatic carbocycles. The van der Waals surface area contributed by atoms with E-state index in [2.05, 4.69) is 5.32 Å². The number of carbonyl (C=O) groups excluding carboxylic acids is 3. The summed E-state index contributed by atoms with van der Waals surface area (Å²) in [6, 6.07) is 21.0. The number of anilines is 1. The second kappa shape index (κ2) is 8.88. The van der Waals surface area contributed by atoms with Crippen molar-refractivity contribution in [2.75, 3.05) is 18.5 Å². The van der Waals surface area contributed by atoms with Crippen LogP contribution in [0.25, 0.3) is 0 Å². The minimum absolute atomic E-state index is 0.125. The molecule has 0 bridgehead atoms. The number of fused-ring (bicyclic) bond motifs is 1. The molecule has 0 spiro atoms. The summed E-state index contributed by atoms with van der Waals surface area (Å²) in [5, 5.41) is 2.82. The van der Waals surface area contributed by atoms with E-state index in [-0.39, 0.29) is 30.0 Å². The molecule has 5 rings (SSSR count). The van der Waals surface area contributed by atoms with Gasteiger partial charge in [-0.25, -0.2) is 0 Å². The third kappa shape index (κ3) is 4.36. The molecule has 1 N–H and O–H groups in total. The molecule has 1 unspecified atom stereocenters. The third-order valence-corrected chi connectivity index (χ3v) is 5.71. The van der Waals surface area contributed by atoms with E-state index >= 15 is 0 Å². The van der Waals surface area contributed by atoms with Crippen LogP contribution in [0.4, 0.5) is 5.69 Å². The first-order chi connectivity index (χ1) is 16.1. The van der Waals surface area contributed by atoms with E-state index in [1.807, 2.05) is 30.3 Å². The van der Waals surface area contributed by atoms with E-state index in [0.717, 1.165) is 12.8 Å². The fraction of sp³-hybridized carbons (Fsp3) is 0.192. The predicted octanol–water partition coefficient (Wildman–Crippen LogP) is 4.51. The number of ether oxygens (including phenoxy) is 2. The monoisotopic (exact) mass is 442 g/mol. The van der Waals surface area contributed by atoms with Gasteiger partial charge in [0.15, 0.2) is 0 Å². The maximum Gasteiger partial charge on any atom is 0.261 e. The number of hydrogen-bond acceptors (Lipinski definition) is 5. The fourth-order valence-electron chi connectivity index (χ4n) is 4.05. The van der Waals surface area contributed by atoms with Crippen LogP contribution in [0.1, 0.15) is 43.9 Å². The molecule has 0 saturated carbocycles. The lowest BCUT2D eigenvalue weighted by Crippen LogP contribution is -2.36. The first kappa shape index (κ1) is 20.9. The number of benzene rings is 3. The Morgan fingerprint density at radius 3 is 2.52 bits per heavy atom. The van der Waals surface area contributed by atoms with Gasteiger partial charge in [0.05, 0.1) is 23.8 Å². The molecule has 3 aromatic rings. The van der Waals surface area contributed by atoms with Crippen LogP contribution in [0.5, 0.6) is 11.5 Å². The summed E-state index contributed by atoms with van der Waals surface area (Å²) >= 11 is 0. The first-order valence-electron chi connectivity index (χ1n) is 10.8. The smallest absolute Gasteiger partial charge is 0.261 e.